The Labute approximate surface area is 212 Å². The molecule has 4 atom stereocenters. The van der Waals surface area contributed by atoms with Crippen LogP contribution in [0.2, 0.25) is 0 Å². The average molecular weight is 525 g/mol. The van der Waals surface area contributed by atoms with Crippen molar-refractivity contribution in [1.82, 2.24) is 15.5 Å². The minimum atomic E-state index is -1.56. The largest absolute Gasteiger partial charge is 0.508 e. The number of hydrogen-bond donors (Lipinski definition) is 6. The lowest BCUT2D eigenvalue weighted by molar-refractivity contribution is -0.144. The fourth-order valence-corrected chi connectivity index (χ4v) is 4.37. The van der Waals surface area contributed by atoms with Crippen LogP contribution in [0, 0.1) is 0 Å². The zero-order valence-electron chi connectivity index (χ0n) is 19.9. The minimum Gasteiger partial charge on any atom is -0.508 e. The van der Waals surface area contributed by atoms with Crippen molar-refractivity contribution in [3.05, 3.63) is 29.8 Å². The molecule has 0 bridgehead atoms. The number of aliphatic carboxylic acids is 2. The molecule has 0 saturated carbocycles. The third-order valence-electron chi connectivity index (χ3n) is 5.79. The topological polar surface area (TPSA) is 199 Å². The molecule has 36 heavy (non-hydrogen) atoms. The van der Waals surface area contributed by atoms with Crippen molar-refractivity contribution in [3.8, 4) is 5.75 Å². The highest BCUT2D eigenvalue weighted by Gasteiger charge is 2.38. The van der Waals surface area contributed by atoms with E-state index in [-0.39, 0.29) is 18.1 Å². The second kappa shape index (κ2) is 13.7. The van der Waals surface area contributed by atoms with E-state index in [9.17, 15) is 39.3 Å². The van der Waals surface area contributed by atoms with Gasteiger partial charge in [-0.15, -0.1) is 0 Å². The predicted molar refractivity (Wildman–Crippen MR) is 131 cm³/mol. The van der Waals surface area contributed by atoms with Crippen LogP contribution in [0.25, 0.3) is 0 Å². The number of rotatable bonds is 13. The van der Waals surface area contributed by atoms with Crippen LogP contribution in [0.3, 0.4) is 0 Å². The molecule has 12 nitrogen and oxygen atoms in total. The Morgan fingerprint density at radius 1 is 1.11 bits per heavy atom. The van der Waals surface area contributed by atoms with Crippen molar-refractivity contribution < 1.29 is 39.3 Å². The second-order valence-corrected chi connectivity index (χ2v) is 9.49. The number of phenolic OH excluding ortho intramolecular Hbond substituents is 1. The summed E-state index contributed by atoms with van der Waals surface area (Å²) in [5.41, 5.74) is 6.48. The minimum absolute atomic E-state index is 0.0106. The van der Waals surface area contributed by atoms with Crippen molar-refractivity contribution in [2.45, 2.75) is 56.3 Å². The van der Waals surface area contributed by atoms with Gasteiger partial charge in [-0.3, -0.25) is 19.2 Å². The standard InChI is InChI=1S/C23H32N4O8S/c1-36-10-8-15(24)22(33)27-9-2-3-18(27)21(32)25-16(12-19(29)30)20(31)26-17(23(34)35)11-13-4-6-14(28)7-5-13/h4-7,15-18,28H,2-3,8-12,24H2,1H3,(H,25,32)(H,26,31)(H,29,30)(H,34,35). The van der Waals surface area contributed by atoms with Crippen molar-refractivity contribution >= 4 is 41.4 Å². The van der Waals surface area contributed by atoms with Crippen LogP contribution in [0.1, 0.15) is 31.2 Å². The number of aromatic hydroxyl groups is 1. The van der Waals surface area contributed by atoms with E-state index in [1.54, 1.807) is 0 Å². The van der Waals surface area contributed by atoms with Gasteiger partial charge in [0.25, 0.3) is 0 Å². The SMILES string of the molecule is CSCCC(N)C(=O)N1CCCC1C(=O)NC(CC(=O)O)C(=O)NC(Cc1ccc(O)cc1)C(=O)O. The Morgan fingerprint density at radius 2 is 1.78 bits per heavy atom. The van der Waals surface area contributed by atoms with E-state index in [0.717, 1.165) is 0 Å². The summed E-state index contributed by atoms with van der Waals surface area (Å²) in [4.78, 5) is 63.0. The summed E-state index contributed by atoms with van der Waals surface area (Å²) in [6.45, 7) is 0.313. The zero-order chi connectivity index (χ0) is 26.8. The molecule has 1 heterocycles. The van der Waals surface area contributed by atoms with Gasteiger partial charge >= 0.3 is 11.9 Å². The number of carbonyl (C=O) groups is 5. The number of carboxylic acid groups (broad SMARTS) is 2. The summed E-state index contributed by atoms with van der Waals surface area (Å²) in [5.74, 6) is -4.14. The van der Waals surface area contributed by atoms with E-state index in [1.807, 2.05) is 6.26 Å². The van der Waals surface area contributed by atoms with Gasteiger partial charge in [-0.05, 0) is 49.0 Å². The Morgan fingerprint density at radius 3 is 2.36 bits per heavy atom. The van der Waals surface area contributed by atoms with Crippen LogP contribution in [-0.4, -0.2) is 92.6 Å². The second-order valence-electron chi connectivity index (χ2n) is 8.51. The van der Waals surface area contributed by atoms with Crippen LogP contribution in [0.5, 0.6) is 5.75 Å². The van der Waals surface area contributed by atoms with Gasteiger partial charge in [0.2, 0.25) is 17.7 Å². The third-order valence-corrected chi connectivity index (χ3v) is 6.44. The van der Waals surface area contributed by atoms with Gasteiger partial charge in [0, 0.05) is 13.0 Å². The van der Waals surface area contributed by atoms with E-state index in [1.165, 1.54) is 40.9 Å². The molecule has 4 unspecified atom stereocenters. The molecular weight excluding hydrogens is 492 g/mol. The normalized spacial score (nSPS) is 17.6. The van der Waals surface area contributed by atoms with Gasteiger partial charge in [-0.25, -0.2) is 4.79 Å². The number of likely N-dealkylation sites (tertiary alicyclic amines) is 1. The van der Waals surface area contributed by atoms with E-state index in [4.69, 9.17) is 5.73 Å². The molecule has 198 valence electrons. The number of hydrogen-bond acceptors (Lipinski definition) is 8. The van der Waals surface area contributed by atoms with Crippen LogP contribution in [0.4, 0.5) is 0 Å². The fourth-order valence-electron chi connectivity index (χ4n) is 3.88. The summed E-state index contributed by atoms with van der Waals surface area (Å²) in [7, 11) is 0. The number of amides is 3. The maximum Gasteiger partial charge on any atom is 0.326 e. The molecule has 7 N–H and O–H groups in total. The molecule has 1 fully saturated rings. The van der Waals surface area contributed by atoms with Crippen LogP contribution >= 0.6 is 11.8 Å². The molecule has 1 aromatic rings. The lowest BCUT2D eigenvalue weighted by atomic mass is 10.0. The highest BCUT2D eigenvalue weighted by atomic mass is 32.2. The van der Waals surface area contributed by atoms with E-state index in [2.05, 4.69) is 10.6 Å². The molecule has 1 saturated heterocycles. The molecule has 2 rings (SSSR count). The van der Waals surface area contributed by atoms with Gasteiger partial charge in [0.1, 0.15) is 23.9 Å². The number of nitrogens with one attached hydrogen (secondary N) is 2. The summed E-state index contributed by atoms with van der Waals surface area (Å²) >= 11 is 1.54. The summed E-state index contributed by atoms with van der Waals surface area (Å²) < 4.78 is 0. The van der Waals surface area contributed by atoms with Gasteiger partial charge < -0.3 is 36.6 Å². The first-order valence-electron chi connectivity index (χ1n) is 11.4. The number of nitrogens with zero attached hydrogens (tertiary/aromatic N) is 1. The fraction of sp³-hybridized carbons (Fsp3) is 0.522. The van der Waals surface area contributed by atoms with Gasteiger partial charge in [-0.1, -0.05) is 12.1 Å². The average Bonchev–Trinajstić information content (AvgIpc) is 3.32. The van der Waals surface area contributed by atoms with E-state index >= 15 is 0 Å². The van der Waals surface area contributed by atoms with Gasteiger partial charge in [0.15, 0.2) is 0 Å². The third kappa shape index (κ3) is 8.41. The van der Waals surface area contributed by atoms with E-state index < -0.39 is 54.3 Å². The van der Waals surface area contributed by atoms with Crippen molar-refractivity contribution in [3.63, 3.8) is 0 Å². The summed E-state index contributed by atoms with van der Waals surface area (Å²) in [6, 6.07) is 1.06. The van der Waals surface area contributed by atoms with Crippen LogP contribution in [0.15, 0.2) is 24.3 Å². The Hall–Kier alpha value is -3.32. The molecular formula is C23H32N4O8S. The number of carbonyl (C=O) groups excluding carboxylic acids is 3. The van der Waals surface area contributed by atoms with Crippen molar-refractivity contribution in [2.24, 2.45) is 5.73 Å². The van der Waals surface area contributed by atoms with Gasteiger partial charge in [0.05, 0.1) is 12.5 Å². The van der Waals surface area contributed by atoms with Crippen molar-refractivity contribution in [1.29, 1.82) is 0 Å². The number of benzene rings is 1. The Balaban J connectivity index is 2.10. The molecule has 1 aliphatic heterocycles. The number of phenols is 1. The molecule has 0 aromatic heterocycles. The monoisotopic (exact) mass is 524 g/mol. The first kappa shape index (κ1) is 28.9. The lowest BCUT2D eigenvalue weighted by Gasteiger charge is -2.28. The van der Waals surface area contributed by atoms with Crippen molar-refractivity contribution in [2.75, 3.05) is 18.6 Å². The molecule has 3 amide bonds. The zero-order valence-corrected chi connectivity index (χ0v) is 20.7. The Kier molecular flexibility index (Phi) is 11.0. The molecule has 1 aromatic carbocycles. The first-order valence-corrected chi connectivity index (χ1v) is 12.8. The number of carboxylic acids is 2. The summed E-state index contributed by atoms with van der Waals surface area (Å²) in [5, 5.41) is 32.8. The molecule has 0 spiro atoms. The highest BCUT2D eigenvalue weighted by Crippen LogP contribution is 2.20. The molecule has 13 heteroatoms. The molecule has 0 radical (unpaired) electrons. The van der Waals surface area contributed by atoms with E-state index in [0.29, 0.717) is 37.1 Å². The predicted octanol–water partition coefficient (Wildman–Crippen LogP) is -0.465. The molecule has 0 aliphatic carbocycles. The Bertz CT molecular complexity index is 958. The van der Waals surface area contributed by atoms with Crippen LogP contribution < -0.4 is 16.4 Å². The summed E-state index contributed by atoms with van der Waals surface area (Å²) in [6.07, 6.45) is 2.28. The number of nitrogens with two attached hydrogens (primary N) is 1. The lowest BCUT2D eigenvalue weighted by Crippen LogP contribution is -2.57. The molecule has 1 aliphatic rings. The van der Waals surface area contributed by atoms with Crippen LogP contribution in [-0.2, 0) is 30.4 Å². The first-order chi connectivity index (χ1) is 17.0. The maximum absolute atomic E-state index is 13.0. The maximum atomic E-state index is 13.0. The van der Waals surface area contributed by atoms with Gasteiger partial charge in [-0.2, -0.15) is 11.8 Å². The highest BCUT2D eigenvalue weighted by molar-refractivity contribution is 7.98. The number of thioether (sulfide) groups is 1. The quantitative estimate of drug-likeness (QED) is 0.196. The smallest absolute Gasteiger partial charge is 0.326 e.